The third kappa shape index (κ3) is 4.23. The van der Waals surface area contributed by atoms with E-state index in [0.29, 0.717) is 24.3 Å². The number of nitrogens with zero attached hydrogens (tertiary/aromatic N) is 1. The topological polar surface area (TPSA) is 83.6 Å². The van der Waals surface area contributed by atoms with Crippen LogP contribution in [0.5, 0.6) is 0 Å². The van der Waals surface area contributed by atoms with Gasteiger partial charge in [0.1, 0.15) is 5.25 Å². The number of rotatable bonds is 6. The maximum Gasteiger partial charge on any atom is 0.242 e. The molecule has 0 aliphatic carbocycles. The Kier molecular flexibility index (Phi) is 5.77. The molecule has 1 aromatic rings. The van der Waals surface area contributed by atoms with Crippen molar-refractivity contribution in [2.75, 3.05) is 22.5 Å². The fraction of sp³-hybridized carbons (Fsp3) is 0.412. The predicted octanol–water partition coefficient (Wildman–Crippen LogP) is 2.13. The van der Waals surface area contributed by atoms with Gasteiger partial charge in [-0.1, -0.05) is 18.2 Å². The molecular formula is C17H22N2O4S. The van der Waals surface area contributed by atoms with Crippen LogP contribution in [0, 0.1) is 0 Å². The number of carbonyl (C=O) groups is 2. The van der Waals surface area contributed by atoms with E-state index in [4.69, 9.17) is 0 Å². The van der Waals surface area contributed by atoms with Gasteiger partial charge in [-0.3, -0.25) is 9.59 Å². The van der Waals surface area contributed by atoms with Gasteiger partial charge in [-0.2, -0.15) is 0 Å². The van der Waals surface area contributed by atoms with Crippen molar-refractivity contribution in [1.29, 1.82) is 0 Å². The molecule has 1 aromatic carbocycles. The fourth-order valence-electron chi connectivity index (χ4n) is 2.45. The molecule has 0 radical (unpaired) electrons. The average molecular weight is 350 g/mol. The zero-order chi connectivity index (χ0) is 17.7. The van der Waals surface area contributed by atoms with Crippen LogP contribution < -0.4 is 10.2 Å². The molecule has 1 saturated heterocycles. The molecule has 1 aliphatic rings. The molecule has 1 unspecified atom stereocenters. The molecule has 1 aliphatic heterocycles. The first-order chi connectivity index (χ1) is 11.3. The van der Waals surface area contributed by atoms with Crippen LogP contribution in [-0.2, 0) is 19.4 Å². The number of amides is 2. The van der Waals surface area contributed by atoms with E-state index < -0.39 is 21.0 Å². The minimum Gasteiger partial charge on any atom is -0.325 e. The third-order valence-electron chi connectivity index (χ3n) is 3.97. The lowest BCUT2D eigenvalue weighted by Gasteiger charge is -2.17. The smallest absolute Gasteiger partial charge is 0.242 e. The quantitative estimate of drug-likeness (QED) is 0.797. The maximum atomic E-state index is 12.2. The third-order valence-corrected chi connectivity index (χ3v) is 5.92. The predicted molar refractivity (Wildman–Crippen MR) is 94.7 cm³/mol. The molecular weight excluding hydrogens is 328 g/mol. The Morgan fingerprint density at radius 1 is 1.42 bits per heavy atom. The monoisotopic (exact) mass is 350 g/mol. The molecule has 6 nitrogen and oxygen atoms in total. The van der Waals surface area contributed by atoms with Crippen LogP contribution in [0.25, 0.3) is 0 Å². The van der Waals surface area contributed by atoms with Crippen molar-refractivity contribution < 1.29 is 18.0 Å². The van der Waals surface area contributed by atoms with E-state index in [9.17, 15) is 18.0 Å². The van der Waals surface area contributed by atoms with Crippen LogP contribution in [0.2, 0.25) is 0 Å². The molecule has 24 heavy (non-hydrogen) atoms. The normalized spacial score (nSPS) is 16.6. The summed E-state index contributed by atoms with van der Waals surface area (Å²) in [6.07, 6.45) is 4.49. The summed E-state index contributed by atoms with van der Waals surface area (Å²) in [6.45, 7) is 3.76. The average Bonchev–Trinajstić information content (AvgIpc) is 2.98. The van der Waals surface area contributed by atoms with Crippen LogP contribution in [0.15, 0.2) is 36.4 Å². The summed E-state index contributed by atoms with van der Waals surface area (Å²) in [5.41, 5.74) is 1.19. The Balaban J connectivity index is 2.10. The Morgan fingerprint density at radius 2 is 2.17 bits per heavy atom. The number of sulfone groups is 1. The number of hydrogen-bond donors (Lipinski definition) is 1. The van der Waals surface area contributed by atoms with Crippen LogP contribution in [0.1, 0.15) is 26.7 Å². The van der Waals surface area contributed by atoms with Gasteiger partial charge in [-0.15, -0.1) is 0 Å². The minimum absolute atomic E-state index is 0.0563. The highest BCUT2D eigenvalue weighted by atomic mass is 32.2. The second kappa shape index (κ2) is 7.61. The summed E-state index contributed by atoms with van der Waals surface area (Å²) in [6, 6.07) is 6.89. The van der Waals surface area contributed by atoms with Gasteiger partial charge < -0.3 is 10.2 Å². The lowest BCUT2D eigenvalue weighted by Crippen LogP contribution is -2.33. The zero-order valence-electron chi connectivity index (χ0n) is 13.9. The van der Waals surface area contributed by atoms with Crippen molar-refractivity contribution in [3.05, 3.63) is 36.4 Å². The number of benzene rings is 1. The van der Waals surface area contributed by atoms with E-state index in [1.807, 2.05) is 0 Å². The van der Waals surface area contributed by atoms with Crippen LogP contribution >= 0.6 is 0 Å². The molecule has 1 atom stereocenters. The van der Waals surface area contributed by atoms with Gasteiger partial charge in [0.2, 0.25) is 11.8 Å². The first-order valence-corrected chi connectivity index (χ1v) is 9.60. The highest BCUT2D eigenvalue weighted by Gasteiger charge is 2.27. The first-order valence-electron chi connectivity index (χ1n) is 7.89. The highest BCUT2D eigenvalue weighted by Crippen LogP contribution is 2.24. The number of hydrogen-bond acceptors (Lipinski definition) is 4. The Labute approximate surface area is 142 Å². The lowest BCUT2D eigenvalue weighted by atomic mass is 10.2. The molecule has 7 heteroatoms. The van der Waals surface area contributed by atoms with Crippen molar-refractivity contribution in [2.45, 2.75) is 31.9 Å². The van der Waals surface area contributed by atoms with E-state index >= 15 is 0 Å². The Bertz CT molecular complexity index is 756. The largest absolute Gasteiger partial charge is 0.325 e. The van der Waals surface area contributed by atoms with Crippen LogP contribution in [0.3, 0.4) is 0 Å². The molecule has 2 rings (SSSR count). The van der Waals surface area contributed by atoms with Gasteiger partial charge in [0, 0.05) is 24.3 Å². The van der Waals surface area contributed by atoms with E-state index in [2.05, 4.69) is 5.32 Å². The number of nitrogens with one attached hydrogen (secondary N) is 1. The van der Waals surface area contributed by atoms with E-state index in [-0.39, 0.29) is 11.7 Å². The van der Waals surface area contributed by atoms with Gasteiger partial charge in [-0.05, 0) is 38.5 Å². The molecule has 130 valence electrons. The van der Waals surface area contributed by atoms with Gasteiger partial charge in [0.15, 0.2) is 9.84 Å². The Morgan fingerprint density at radius 3 is 2.79 bits per heavy atom. The highest BCUT2D eigenvalue weighted by molar-refractivity contribution is 7.92. The van der Waals surface area contributed by atoms with Crippen molar-refractivity contribution in [3.8, 4) is 0 Å². The van der Waals surface area contributed by atoms with Crippen molar-refractivity contribution in [3.63, 3.8) is 0 Å². The standard InChI is InChI=1S/C17H22N2O4S/c1-3-4-11-24(22,23)13(2)17(21)18-14-7-5-8-15(12-14)19-10-6-9-16(19)20/h3-5,7-8,12-13H,6,9-11H2,1-2H3,(H,18,21)/b4-3+. The zero-order valence-corrected chi connectivity index (χ0v) is 14.7. The maximum absolute atomic E-state index is 12.2. The molecule has 1 N–H and O–H groups in total. The van der Waals surface area contributed by atoms with Crippen LogP contribution in [0.4, 0.5) is 11.4 Å². The van der Waals surface area contributed by atoms with Gasteiger partial charge >= 0.3 is 0 Å². The van der Waals surface area contributed by atoms with E-state index in [1.54, 1.807) is 42.2 Å². The van der Waals surface area contributed by atoms with Gasteiger partial charge in [0.25, 0.3) is 0 Å². The van der Waals surface area contributed by atoms with E-state index in [1.165, 1.54) is 13.0 Å². The molecule has 0 spiro atoms. The SMILES string of the molecule is C/C=C/CS(=O)(=O)C(C)C(=O)Nc1cccc(N2CCCC2=O)c1. The van der Waals surface area contributed by atoms with E-state index in [0.717, 1.165) is 6.42 Å². The minimum atomic E-state index is -3.54. The summed E-state index contributed by atoms with van der Waals surface area (Å²) in [7, 11) is -3.54. The number of anilines is 2. The second-order valence-electron chi connectivity index (χ2n) is 5.73. The molecule has 0 aromatic heterocycles. The van der Waals surface area contributed by atoms with Gasteiger partial charge in [-0.25, -0.2) is 8.42 Å². The number of allylic oxidation sites excluding steroid dienone is 1. The molecule has 0 saturated carbocycles. The summed E-state index contributed by atoms with van der Waals surface area (Å²) >= 11 is 0. The molecule has 1 fully saturated rings. The molecule has 1 heterocycles. The van der Waals surface area contributed by atoms with Crippen LogP contribution in [-0.4, -0.2) is 37.8 Å². The van der Waals surface area contributed by atoms with Crippen molar-refractivity contribution in [2.24, 2.45) is 0 Å². The fourth-order valence-corrected chi connectivity index (χ4v) is 3.59. The summed E-state index contributed by atoms with van der Waals surface area (Å²) < 4.78 is 24.2. The van der Waals surface area contributed by atoms with Gasteiger partial charge in [0.05, 0.1) is 5.75 Å². The van der Waals surface area contributed by atoms with Crippen molar-refractivity contribution >= 4 is 33.0 Å². The lowest BCUT2D eigenvalue weighted by molar-refractivity contribution is -0.117. The Hall–Kier alpha value is -2.15. The first kappa shape index (κ1) is 18.2. The molecule has 2 amide bonds. The number of carbonyl (C=O) groups excluding carboxylic acids is 2. The van der Waals surface area contributed by atoms with Crippen molar-refractivity contribution in [1.82, 2.24) is 0 Å². The summed E-state index contributed by atoms with van der Waals surface area (Å²) in [4.78, 5) is 25.7. The summed E-state index contributed by atoms with van der Waals surface area (Å²) in [5, 5.41) is 1.48. The summed E-state index contributed by atoms with van der Waals surface area (Å²) in [5.74, 6) is -0.689. The molecule has 0 bridgehead atoms. The second-order valence-corrected chi connectivity index (χ2v) is 8.10.